The Labute approximate surface area is 141 Å². The summed E-state index contributed by atoms with van der Waals surface area (Å²) in [5.41, 5.74) is 0.817. The maximum Gasteiger partial charge on any atom is 0.309 e. The SMILES string of the molecule is COC(=O)C1CC[C@H]2[C@@H]3CC[C@H]4CCCC[C@]4(C)[C@H]3CC[C@]12C. The first-order valence-electron chi connectivity index (χ1n) is 10.1. The largest absolute Gasteiger partial charge is 0.469 e. The summed E-state index contributed by atoms with van der Waals surface area (Å²) in [4.78, 5) is 12.3. The number of rotatable bonds is 1. The van der Waals surface area contributed by atoms with E-state index < -0.39 is 0 Å². The van der Waals surface area contributed by atoms with Crippen molar-refractivity contribution in [2.45, 2.75) is 78.1 Å². The molecule has 0 aromatic heterocycles. The number of fused-ring (bicyclic) bond motifs is 5. The molecule has 130 valence electrons. The molecule has 0 amide bonds. The van der Waals surface area contributed by atoms with Gasteiger partial charge >= 0.3 is 5.97 Å². The number of carbonyl (C=O) groups excluding carboxylic acids is 1. The monoisotopic (exact) mass is 318 g/mol. The van der Waals surface area contributed by atoms with Crippen LogP contribution in [0.2, 0.25) is 0 Å². The number of ether oxygens (including phenoxy) is 1. The van der Waals surface area contributed by atoms with Crippen molar-refractivity contribution < 1.29 is 9.53 Å². The van der Waals surface area contributed by atoms with Crippen LogP contribution in [0.5, 0.6) is 0 Å². The third-order valence-corrected chi connectivity index (χ3v) is 9.07. The van der Waals surface area contributed by atoms with Gasteiger partial charge < -0.3 is 4.74 Å². The molecule has 4 aliphatic carbocycles. The van der Waals surface area contributed by atoms with Gasteiger partial charge in [0.25, 0.3) is 0 Å². The third kappa shape index (κ3) is 2.15. The van der Waals surface area contributed by atoms with Crippen LogP contribution < -0.4 is 0 Å². The lowest BCUT2D eigenvalue weighted by atomic mass is 9.45. The van der Waals surface area contributed by atoms with Gasteiger partial charge in [0.15, 0.2) is 0 Å². The number of hydrogen-bond acceptors (Lipinski definition) is 2. The summed E-state index contributed by atoms with van der Waals surface area (Å²) in [7, 11) is 1.57. The predicted molar refractivity (Wildman–Crippen MR) is 91.9 cm³/mol. The summed E-state index contributed by atoms with van der Waals surface area (Å²) >= 11 is 0. The molecule has 0 N–H and O–H groups in total. The van der Waals surface area contributed by atoms with E-state index >= 15 is 0 Å². The maximum absolute atomic E-state index is 12.3. The van der Waals surface area contributed by atoms with Crippen molar-refractivity contribution >= 4 is 5.97 Å². The normalized spacial score (nSPS) is 52.2. The highest BCUT2D eigenvalue weighted by Gasteiger charge is 2.61. The Kier molecular flexibility index (Phi) is 3.81. The first kappa shape index (κ1) is 16.0. The summed E-state index contributed by atoms with van der Waals surface area (Å²) in [6.45, 7) is 5.04. The second kappa shape index (κ2) is 5.49. The molecule has 0 saturated heterocycles. The molecule has 4 aliphatic rings. The zero-order valence-electron chi connectivity index (χ0n) is 15.3. The Morgan fingerprint density at radius 3 is 2.43 bits per heavy atom. The second-order valence-corrected chi connectivity index (χ2v) is 9.60. The van der Waals surface area contributed by atoms with Gasteiger partial charge in [-0.25, -0.2) is 0 Å². The molecule has 7 atom stereocenters. The number of methoxy groups -OCH3 is 1. The topological polar surface area (TPSA) is 26.3 Å². The van der Waals surface area contributed by atoms with Gasteiger partial charge in [0.1, 0.15) is 0 Å². The van der Waals surface area contributed by atoms with Gasteiger partial charge in [-0.1, -0.05) is 26.7 Å². The van der Waals surface area contributed by atoms with Crippen LogP contribution in [0.4, 0.5) is 0 Å². The van der Waals surface area contributed by atoms with Crippen molar-refractivity contribution in [2.24, 2.45) is 40.4 Å². The highest BCUT2D eigenvalue weighted by molar-refractivity contribution is 5.73. The molecule has 0 aliphatic heterocycles. The number of hydrogen-bond donors (Lipinski definition) is 0. The molecule has 2 nitrogen and oxygen atoms in total. The molecule has 4 saturated carbocycles. The van der Waals surface area contributed by atoms with E-state index in [1.165, 1.54) is 57.8 Å². The minimum atomic E-state index is 0.0611. The second-order valence-electron chi connectivity index (χ2n) is 9.60. The first-order valence-corrected chi connectivity index (χ1v) is 10.1. The first-order chi connectivity index (χ1) is 11.0. The molecule has 0 bridgehead atoms. The highest BCUT2D eigenvalue weighted by Crippen LogP contribution is 2.67. The predicted octanol–water partition coefficient (Wildman–Crippen LogP) is 5.21. The lowest BCUT2D eigenvalue weighted by Crippen LogP contribution is -2.53. The van der Waals surface area contributed by atoms with Gasteiger partial charge in [0, 0.05) is 0 Å². The van der Waals surface area contributed by atoms with Crippen molar-refractivity contribution in [1.29, 1.82) is 0 Å². The molecule has 4 rings (SSSR count). The van der Waals surface area contributed by atoms with Crippen LogP contribution in [0.15, 0.2) is 0 Å². The van der Waals surface area contributed by atoms with E-state index in [0.717, 1.165) is 30.1 Å². The highest BCUT2D eigenvalue weighted by atomic mass is 16.5. The van der Waals surface area contributed by atoms with Crippen molar-refractivity contribution in [2.75, 3.05) is 7.11 Å². The van der Waals surface area contributed by atoms with Crippen molar-refractivity contribution in [1.82, 2.24) is 0 Å². The Morgan fingerprint density at radius 1 is 0.870 bits per heavy atom. The van der Waals surface area contributed by atoms with E-state index in [0.29, 0.717) is 5.41 Å². The van der Waals surface area contributed by atoms with Gasteiger partial charge in [-0.2, -0.15) is 0 Å². The van der Waals surface area contributed by atoms with Crippen molar-refractivity contribution in [3.05, 3.63) is 0 Å². The van der Waals surface area contributed by atoms with E-state index in [4.69, 9.17) is 4.74 Å². The van der Waals surface area contributed by atoms with Crippen LogP contribution in [0, 0.1) is 40.4 Å². The number of esters is 1. The van der Waals surface area contributed by atoms with E-state index in [1.54, 1.807) is 7.11 Å². The van der Waals surface area contributed by atoms with Crippen LogP contribution in [0.25, 0.3) is 0 Å². The molecule has 0 heterocycles. The quantitative estimate of drug-likeness (QED) is 0.620. The van der Waals surface area contributed by atoms with E-state index in [2.05, 4.69) is 13.8 Å². The number of carbonyl (C=O) groups is 1. The standard InChI is InChI=1S/C21H34O2/c1-20-12-5-4-6-14(20)7-8-15-16-9-10-18(19(22)23-3)21(16,2)13-11-17(15)20/h14-18H,4-13H2,1-3H3/t14-,15+,16+,17+,18?,20+,21+/m1/s1. The Morgan fingerprint density at radius 2 is 1.65 bits per heavy atom. The molecule has 0 spiro atoms. The lowest BCUT2D eigenvalue weighted by molar-refractivity contribution is -0.155. The summed E-state index contributed by atoms with van der Waals surface area (Å²) in [5, 5.41) is 0. The molecule has 4 fully saturated rings. The summed E-state index contributed by atoms with van der Waals surface area (Å²) in [6, 6.07) is 0. The van der Waals surface area contributed by atoms with Crippen LogP contribution in [0.3, 0.4) is 0 Å². The summed E-state index contributed by atoms with van der Waals surface area (Å²) in [6.07, 6.45) is 13.7. The molecule has 2 heteroatoms. The van der Waals surface area contributed by atoms with Crippen molar-refractivity contribution in [3.8, 4) is 0 Å². The average Bonchev–Trinajstić information content (AvgIpc) is 2.91. The van der Waals surface area contributed by atoms with Gasteiger partial charge in [-0.05, 0) is 85.9 Å². The third-order valence-electron chi connectivity index (χ3n) is 9.07. The average molecular weight is 319 g/mol. The molecule has 23 heavy (non-hydrogen) atoms. The van der Waals surface area contributed by atoms with E-state index in [-0.39, 0.29) is 17.3 Å². The van der Waals surface area contributed by atoms with E-state index in [1.807, 2.05) is 0 Å². The minimum Gasteiger partial charge on any atom is -0.469 e. The van der Waals surface area contributed by atoms with Crippen LogP contribution >= 0.6 is 0 Å². The van der Waals surface area contributed by atoms with Gasteiger partial charge in [0.05, 0.1) is 13.0 Å². The van der Waals surface area contributed by atoms with Gasteiger partial charge in [-0.3, -0.25) is 4.79 Å². The van der Waals surface area contributed by atoms with Crippen LogP contribution in [0.1, 0.15) is 78.1 Å². The molecular formula is C21H34O2. The smallest absolute Gasteiger partial charge is 0.309 e. The summed E-state index contributed by atoms with van der Waals surface area (Å²) < 4.78 is 5.15. The Hall–Kier alpha value is -0.530. The molecule has 0 aromatic carbocycles. The summed E-state index contributed by atoms with van der Waals surface area (Å²) in [5.74, 6) is 3.78. The fourth-order valence-electron chi connectivity index (χ4n) is 7.82. The van der Waals surface area contributed by atoms with Crippen molar-refractivity contribution in [3.63, 3.8) is 0 Å². The fourth-order valence-corrected chi connectivity index (χ4v) is 7.82. The lowest BCUT2D eigenvalue weighted by Gasteiger charge is -2.60. The fraction of sp³-hybridized carbons (Fsp3) is 0.952. The zero-order chi connectivity index (χ0) is 16.2. The molecular weight excluding hydrogens is 284 g/mol. The van der Waals surface area contributed by atoms with Crippen LogP contribution in [-0.2, 0) is 9.53 Å². The Balaban J connectivity index is 1.61. The molecule has 1 unspecified atom stereocenters. The van der Waals surface area contributed by atoms with E-state index in [9.17, 15) is 4.79 Å². The zero-order valence-corrected chi connectivity index (χ0v) is 15.3. The van der Waals surface area contributed by atoms with Gasteiger partial charge in [0.2, 0.25) is 0 Å². The minimum absolute atomic E-state index is 0.0611. The van der Waals surface area contributed by atoms with Gasteiger partial charge in [-0.15, -0.1) is 0 Å². The molecule has 0 aromatic rings. The van der Waals surface area contributed by atoms with Crippen LogP contribution in [-0.4, -0.2) is 13.1 Å². The molecule has 0 radical (unpaired) electrons. The Bertz CT molecular complexity index is 486. The maximum atomic E-state index is 12.3.